The number of nitrogens with zero attached hydrogens (tertiary/aromatic N) is 2. The molecule has 0 amide bonds. The van der Waals surface area contributed by atoms with E-state index in [4.69, 9.17) is 4.74 Å². The second-order valence-corrected chi connectivity index (χ2v) is 5.03. The molecule has 1 aliphatic rings. The van der Waals surface area contributed by atoms with E-state index in [2.05, 4.69) is 5.10 Å². The number of esters is 1. The number of benzene rings is 1. The summed E-state index contributed by atoms with van der Waals surface area (Å²) in [6, 6.07) is 11.8. The van der Waals surface area contributed by atoms with Crippen molar-refractivity contribution in [1.29, 1.82) is 0 Å². The van der Waals surface area contributed by atoms with Crippen LogP contribution < -0.4 is 0 Å². The summed E-state index contributed by atoms with van der Waals surface area (Å²) in [5.41, 5.74) is 1.50. The highest BCUT2D eigenvalue weighted by atomic mass is 16.6. The van der Waals surface area contributed by atoms with Gasteiger partial charge in [0.25, 0.3) is 0 Å². The predicted octanol–water partition coefficient (Wildman–Crippen LogP) is 2.28. The predicted molar refractivity (Wildman–Crippen MR) is 70.3 cm³/mol. The standard InChI is InChI=1S/C15H16N2O2/c1-11-8-9-16-17(11)10-15(12(2)14(18)19-15)13-6-4-3-5-7-13/h3-9,12H,10H2,1-2H3. The lowest BCUT2D eigenvalue weighted by molar-refractivity contribution is -0.218. The van der Waals surface area contributed by atoms with Gasteiger partial charge in [-0.15, -0.1) is 0 Å². The normalized spacial score (nSPS) is 25.8. The van der Waals surface area contributed by atoms with Crippen molar-refractivity contribution < 1.29 is 9.53 Å². The molecular weight excluding hydrogens is 240 g/mol. The second kappa shape index (κ2) is 4.23. The minimum Gasteiger partial charge on any atom is -0.451 e. The maximum Gasteiger partial charge on any atom is 0.314 e. The first kappa shape index (κ1) is 12.0. The molecule has 98 valence electrons. The summed E-state index contributed by atoms with van der Waals surface area (Å²) in [4.78, 5) is 11.6. The van der Waals surface area contributed by atoms with Crippen molar-refractivity contribution in [3.63, 3.8) is 0 Å². The van der Waals surface area contributed by atoms with Gasteiger partial charge in [0.1, 0.15) is 5.92 Å². The summed E-state index contributed by atoms with van der Waals surface area (Å²) in [5.74, 6) is -0.299. The third kappa shape index (κ3) is 1.75. The molecule has 2 heterocycles. The van der Waals surface area contributed by atoms with Gasteiger partial charge in [-0.05, 0) is 25.5 Å². The molecule has 1 aromatic heterocycles. The van der Waals surface area contributed by atoms with E-state index in [9.17, 15) is 4.79 Å². The number of carbonyl (C=O) groups excluding carboxylic acids is 1. The Morgan fingerprint density at radius 1 is 1.32 bits per heavy atom. The Morgan fingerprint density at radius 3 is 2.58 bits per heavy atom. The highest BCUT2D eigenvalue weighted by Gasteiger charge is 2.55. The highest BCUT2D eigenvalue weighted by Crippen LogP contribution is 2.44. The van der Waals surface area contributed by atoms with E-state index in [1.807, 2.05) is 54.9 Å². The van der Waals surface area contributed by atoms with E-state index in [1.165, 1.54) is 0 Å². The van der Waals surface area contributed by atoms with E-state index in [1.54, 1.807) is 6.20 Å². The van der Waals surface area contributed by atoms with Gasteiger partial charge in [-0.2, -0.15) is 5.10 Å². The lowest BCUT2D eigenvalue weighted by Gasteiger charge is -2.46. The first-order chi connectivity index (χ1) is 9.13. The Balaban J connectivity index is 2.00. The zero-order chi connectivity index (χ0) is 13.5. The Morgan fingerprint density at radius 2 is 2.05 bits per heavy atom. The average molecular weight is 256 g/mol. The Hall–Kier alpha value is -2.10. The smallest absolute Gasteiger partial charge is 0.314 e. The van der Waals surface area contributed by atoms with Crippen molar-refractivity contribution in [2.45, 2.75) is 26.0 Å². The van der Waals surface area contributed by atoms with E-state index in [-0.39, 0.29) is 11.9 Å². The summed E-state index contributed by atoms with van der Waals surface area (Å²) < 4.78 is 7.44. The topological polar surface area (TPSA) is 44.1 Å². The summed E-state index contributed by atoms with van der Waals surface area (Å²) >= 11 is 0. The van der Waals surface area contributed by atoms with Gasteiger partial charge in [-0.1, -0.05) is 30.3 Å². The third-order valence-electron chi connectivity index (χ3n) is 3.91. The largest absolute Gasteiger partial charge is 0.451 e. The molecule has 19 heavy (non-hydrogen) atoms. The molecule has 1 aliphatic heterocycles. The van der Waals surface area contributed by atoms with Crippen molar-refractivity contribution in [3.8, 4) is 0 Å². The molecular formula is C15H16N2O2. The van der Waals surface area contributed by atoms with E-state index >= 15 is 0 Å². The van der Waals surface area contributed by atoms with Crippen LogP contribution in [0.15, 0.2) is 42.6 Å². The first-order valence-corrected chi connectivity index (χ1v) is 6.40. The molecule has 2 aromatic rings. The number of aromatic nitrogens is 2. The van der Waals surface area contributed by atoms with Gasteiger partial charge in [0.2, 0.25) is 0 Å². The van der Waals surface area contributed by atoms with Crippen molar-refractivity contribution in [1.82, 2.24) is 9.78 Å². The van der Waals surface area contributed by atoms with E-state index in [0.717, 1.165) is 11.3 Å². The Labute approximate surface area is 112 Å². The number of cyclic esters (lactones) is 1. The second-order valence-electron chi connectivity index (χ2n) is 5.03. The molecule has 0 N–H and O–H groups in total. The summed E-state index contributed by atoms with van der Waals surface area (Å²) in [5, 5.41) is 4.29. The van der Waals surface area contributed by atoms with Crippen LogP contribution in [-0.2, 0) is 21.7 Å². The van der Waals surface area contributed by atoms with Gasteiger partial charge in [0.05, 0.1) is 6.54 Å². The minimum atomic E-state index is -0.588. The van der Waals surface area contributed by atoms with Crippen LogP contribution in [0.2, 0.25) is 0 Å². The van der Waals surface area contributed by atoms with Gasteiger partial charge in [-0.25, -0.2) is 0 Å². The molecule has 3 rings (SSSR count). The molecule has 0 radical (unpaired) electrons. The van der Waals surface area contributed by atoms with Crippen LogP contribution in [0.1, 0.15) is 18.2 Å². The Bertz CT molecular complexity index is 606. The molecule has 0 saturated carbocycles. The fourth-order valence-electron chi connectivity index (χ4n) is 2.57. The van der Waals surface area contributed by atoms with Gasteiger partial charge < -0.3 is 4.74 Å². The Kier molecular flexibility index (Phi) is 2.66. The third-order valence-corrected chi connectivity index (χ3v) is 3.91. The quantitative estimate of drug-likeness (QED) is 0.791. The molecule has 1 aromatic carbocycles. The van der Waals surface area contributed by atoms with Gasteiger partial charge in [0, 0.05) is 11.9 Å². The zero-order valence-corrected chi connectivity index (χ0v) is 11.0. The molecule has 0 spiro atoms. The van der Waals surface area contributed by atoms with E-state index in [0.29, 0.717) is 6.54 Å². The lowest BCUT2D eigenvalue weighted by atomic mass is 9.77. The minimum absolute atomic E-state index is 0.145. The molecule has 0 aliphatic carbocycles. The lowest BCUT2D eigenvalue weighted by Crippen LogP contribution is -2.56. The van der Waals surface area contributed by atoms with Gasteiger partial charge in [0.15, 0.2) is 5.60 Å². The fraction of sp³-hybridized carbons (Fsp3) is 0.333. The van der Waals surface area contributed by atoms with Crippen LogP contribution in [0.25, 0.3) is 0 Å². The monoisotopic (exact) mass is 256 g/mol. The zero-order valence-electron chi connectivity index (χ0n) is 11.0. The van der Waals surface area contributed by atoms with Crippen LogP contribution in [0.4, 0.5) is 0 Å². The SMILES string of the molecule is Cc1ccnn1CC1(c2ccccc2)OC(=O)C1C. The first-order valence-electron chi connectivity index (χ1n) is 6.40. The summed E-state index contributed by atoms with van der Waals surface area (Å²) in [6.45, 7) is 4.47. The van der Waals surface area contributed by atoms with E-state index < -0.39 is 5.60 Å². The molecule has 4 nitrogen and oxygen atoms in total. The number of hydrogen-bond acceptors (Lipinski definition) is 3. The highest BCUT2D eigenvalue weighted by molar-refractivity contribution is 5.80. The van der Waals surface area contributed by atoms with Gasteiger partial charge >= 0.3 is 5.97 Å². The number of rotatable bonds is 3. The van der Waals surface area contributed by atoms with Crippen molar-refractivity contribution >= 4 is 5.97 Å². The number of aryl methyl sites for hydroxylation is 1. The molecule has 2 unspecified atom stereocenters. The molecule has 2 atom stereocenters. The maximum absolute atomic E-state index is 11.6. The van der Waals surface area contributed by atoms with Gasteiger partial charge in [-0.3, -0.25) is 9.48 Å². The van der Waals surface area contributed by atoms with Crippen molar-refractivity contribution in [2.75, 3.05) is 0 Å². The number of ether oxygens (including phenoxy) is 1. The number of carbonyl (C=O) groups is 1. The fourth-order valence-corrected chi connectivity index (χ4v) is 2.57. The molecule has 1 saturated heterocycles. The molecule has 0 bridgehead atoms. The van der Waals surface area contributed by atoms with Crippen LogP contribution >= 0.6 is 0 Å². The molecule has 4 heteroatoms. The van der Waals surface area contributed by atoms with Crippen LogP contribution in [0, 0.1) is 12.8 Å². The average Bonchev–Trinajstić information content (AvgIpc) is 2.84. The summed E-state index contributed by atoms with van der Waals surface area (Å²) in [6.07, 6.45) is 1.76. The molecule has 1 fully saturated rings. The van der Waals surface area contributed by atoms with Crippen molar-refractivity contribution in [2.24, 2.45) is 5.92 Å². The summed E-state index contributed by atoms with van der Waals surface area (Å²) in [7, 11) is 0. The number of hydrogen-bond donors (Lipinski definition) is 0. The van der Waals surface area contributed by atoms with Crippen LogP contribution in [-0.4, -0.2) is 15.7 Å². The van der Waals surface area contributed by atoms with Crippen molar-refractivity contribution in [3.05, 3.63) is 53.9 Å². The van der Waals surface area contributed by atoms with Crippen LogP contribution in [0.5, 0.6) is 0 Å². The maximum atomic E-state index is 11.6. The van der Waals surface area contributed by atoms with Crippen LogP contribution in [0.3, 0.4) is 0 Å².